The Morgan fingerprint density at radius 1 is 1.67 bits per heavy atom. The number of thioether (sulfide) groups is 1. The molecule has 0 aliphatic carbocycles. The van der Waals surface area contributed by atoms with Gasteiger partial charge in [0, 0.05) is 12.3 Å². The lowest BCUT2D eigenvalue weighted by Gasteiger charge is -2.09. The number of hydrogen-bond donors (Lipinski definition) is 1. The van der Waals surface area contributed by atoms with Crippen LogP contribution in [0.1, 0.15) is 18.7 Å². The Morgan fingerprint density at radius 2 is 2.50 bits per heavy atom. The van der Waals surface area contributed by atoms with Crippen molar-refractivity contribution >= 4 is 11.8 Å². The molecule has 0 bridgehead atoms. The first-order valence-corrected chi connectivity index (χ1v) is 5.49. The standard InChI is InChI=1S/C9H15NOS/c1-8(10-5-7-12-2)9-4-3-6-11-9/h3-4,6,8,10H,5,7H2,1-2H3/t8-/m1/s1. The van der Waals surface area contributed by atoms with E-state index in [-0.39, 0.29) is 0 Å². The van der Waals surface area contributed by atoms with Crippen molar-refractivity contribution in [3.05, 3.63) is 24.2 Å². The summed E-state index contributed by atoms with van der Waals surface area (Å²) in [6.45, 7) is 3.14. The van der Waals surface area contributed by atoms with Gasteiger partial charge in [-0.05, 0) is 25.3 Å². The molecule has 0 amide bonds. The van der Waals surface area contributed by atoms with E-state index in [1.165, 1.54) is 0 Å². The summed E-state index contributed by atoms with van der Waals surface area (Å²) in [6.07, 6.45) is 3.82. The number of rotatable bonds is 5. The summed E-state index contributed by atoms with van der Waals surface area (Å²) < 4.78 is 5.26. The zero-order chi connectivity index (χ0) is 8.81. The molecule has 3 heteroatoms. The van der Waals surface area contributed by atoms with Gasteiger partial charge in [0.1, 0.15) is 5.76 Å². The zero-order valence-corrected chi connectivity index (χ0v) is 8.36. The highest BCUT2D eigenvalue weighted by Gasteiger charge is 2.05. The molecule has 1 atom stereocenters. The second-order valence-electron chi connectivity index (χ2n) is 2.68. The van der Waals surface area contributed by atoms with Gasteiger partial charge in [-0.15, -0.1) is 0 Å². The predicted molar refractivity (Wildman–Crippen MR) is 53.5 cm³/mol. The van der Waals surface area contributed by atoms with Crippen LogP contribution in [0.4, 0.5) is 0 Å². The molecule has 12 heavy (non-hydrogen) atoms. The Morgan fingerprint density at radius 3 is 3.08 bits per heavy atom. The highest BCUT2D eigenvalue weighted by molar-refractivity contribution is 7.98. The lowest BCUT2D eigenvalue weighted by atomic mass is 10.2. The van der Waals surface area contributed by atoms with Crippen molar-refractivity contribution < 1.29 is 4.42 Å². The summed E-state index contributed by atoms with van der Waals surface area (Å²) >= 11 is 1.85. The molecule has 0 radical (unpaired) electrons. The van der Waals surface area contributed by atoms with Gasteiger partial charge in [-0.25, -0.2) is 0 Å². The van der Waals surface area contributed by atoms with Crippen molar-refractivity contribution in [2.24, 2.45) is 0 Å². The number of furan rings is 1. The summed E-state index contributed by atoms with van der Waals surface area (Å²) in [5.41, 5.74) is 0. The van der Waals surface area contributed by atoms with E-state index in [4.69, 9.17) is 4.42 Å². The van der Waals surface area contributed by atoms with Crippen LogP contribution >= 0.6 is 11.8 Å². The fourth-order valence-electron chi connectivity index (χ4n) is 1.02. The van der Waals surface area contributed by atoms with Gasteiger partial charge >= 0.3 is 0 Å². The third kappa shape index (κ3) is 2.91. The molecule has 1 N–H and O–H groups in total. The van der Waals surface area contributed by atoms with Gasteiger partial charge in [-0.1, -0.05) is 0 Å². The summed E-state index contributed by atoms with van der Waals surface area (Å²) in [5.74, 6) is 2.15. The summed E-state index contributed by atoms with van der Waals surface area (Å²) in [6, 6.07) is 4.24. The van der Waals surface area contributed by atoms with E-state index >= 15 is 0 Å². The van der Waals surface area contributed by atoms with Gasteiger partial charge < -0.3 is 9.73 Å². The molecule has 1 rings (SSSR count). The van der Waals surface area contributed by atoms with Gasteiger partial charge in [0.25, 0.3) is 0 Å². The molecule has 1 aromatic rings. The van der Waals surface area contributed by atoms with Crippen LogP contribution in [0.3, 0.4) is 0 Å². The molecule has 0 unspecified atom stereocenters. The molecule has 1 aromatic heterocycles. The molecule has 2 nitrogen and oxygen atoms in total. The minimum Gasteiger partial charge on any atom is -0.468 e. The van der Waals surface area contributed by atoms with Crippen molar-refractivity contribution in [3.8, 4) is 0 Å². The number of hydrogen-bond acceptors (Lipinski definition) is 3. The maximum absolute atomic E-state index is 5.26. The molecule has 0 saturated carbocycles. The molecule has 0 spiro atoms. The third-order valence-corrected chi connectivity index (χ3v) is 2.34. The highest BCUT2D eigenvalue weighted by Crippen LogP contribution is 2.11. The van der Waals surface area contributed by atoms with Crippen LogP contribution in [0.25, 0.3) is 0 Å². The lowest BCUT2D eigenvalue weighted by Crippen LogP contribution is -2.20. The Hall–Kier alpha value is -0.410. The normalized spacial score (nSPS) is 13.2. The summed E-state index contributed by atoms with van der Waals surface area (Å²) in [4.78, 5) is 0. The van der Waals surface area contributed by atoms with E-state index in [0.29, 0.717) is 6.04 Å². The Bertz CT molecular complexity index is 198. The monoisotopic (exact) mass is 185 g/mol. The SMILES string of the molecule is CSCCN[C@H](C)c1ccco1. The van der Waals surface area contributed by atoms with E-state index in [1.54, 1.807) is 6.26 Å². The van der Waals surface area contributed by atoms with Crippen LogP contribution in [0.5, 0.6) is 0 Å². The largest absolute Gasteiger partial charge is 0.468 e. The number of nitrogens with one attached hydrogen (secondary N) is 1. The van der Waals surface area contributed by atoms with Crippen LogP contribution in [-0.2, 0) is 0 Å². The molecule has 0 fully saturated rings. The van der Waals surface area contributed by atoms with E-state index in [0.717, 1.165) is 18.1 Å². The molecule has 0 saturated heterocycles. The molecular formula is C9H15NOS. The smallest absolute Gasteiger partial charge is 0.120 e. The van der Waals surface area contributed by atoms with Gasteiger partial charge in [-0.2, -0.15) is 11.8 Å². The Balaban J connectivity index is 2.25. The van der Waals surface area contributed by atoms with Gasteiger partial charge in [-0.3, -0.25) is 0 Å². The average Bonchev–Trinajstić information content (AvgIpc) is 2.56. The maximum atomic E-state index is 5.26. The van der Waals surface area contributed by atoms with Crippen LogP contribution < -0.4 is 5.32 Å². The lowest BCUT2D eigenvalue weighted by molar-refractivity contribution is 0.438. The molecule has 0 aromatic carbocycles. The Labute approximate surface area is 77.7 Å². The minimum absolute atomic E-state index is 0.326. The van der Waals surface area contributed by atoms with E-state index in [1.807, 2.05) is 23.9 Å². The minimum atomic E-state index is 0.326. The first-order valence-electron chi connectivity index (χ1n) is 4.10. The fourth-order valence-corrected chi connectivity index (χ4v) is 1.34. The quantitative estimate of drug-likeness (QED) is 0.712. The van der Waals surface area contributed by atoms with Gasteiger partial charge in [0.05, 0.1) is 12.3 Å². The predicted octanol–water partition coefficient (Wildman–Crippen LogP) is 2.29. The van der Waals surface area contributed by atoms with Crippen LogP contribution in [0, 0.1) is 0 Å². The van der Waals surface area contributed by atoms with Crippen molar-refractivity contribution in [2.75, 3.05) is 18.6 Å². The second-order valence-corrected chi connectivity index (χ2v) is 3.67. The van der Waals surface area contributed by atoms with Crippen molar-refractivity contribution in [2.45, 2.75) is 13.0 Å². The third-order valence-electron chi connectivity index (χ3n) is 1.73. The van der Waals surface area contributed by atoms with Crippen molar-refractivity contribution in [3.63, 3.8) is 0 Å². The van der Waals surface area contributed by atoms with Crippen LogP contribution in [-0.4, -0.2) is 18.6 Å². The van der Waals surface area contributed by atoms with E-state index < -0.39 is 0 Å². The summed E-state index contributed by atoms with van der Waals surface area (Å²) in [5, 5.41) is 3.37. The molecule has 0 aliphatic rings. The second kappa shape index (κ2) is 5.27. The zero-order valence-electron chi connectivity index (χ0n) is 7.54. The fraction of sp³-hybridized carbons (Fsp3) is 0.556. The van der Waals surface area contributed by atoms with Gasteiger partial charge in [0.15, 0.2) is 0 Å². The molecule has 1 heterocycles. The van der Waals surface area contributed by atoms with Crippen molar-refractivity contribution in [1.82, 2.24) is 5.32 Å². The Kier molecular flexibility index (Phi) is 4.25. The van der Waals surface area contributed by atoms with E-state index in [2.05, 4.69) is 18.5 Å². The molecular weight excluding hydrogens is 170 g/mol. The van der Waals surface area contributed by atoms with E-state index in [9.17, 15) is 0 Å². The van der Waals surface area contributed by atoms with Crippen LogP contribution in [0.15, 0.2) is 22.8 Å². The van der Waals surface area contributed by atoms with Crippen molar-refractivity contribution in [1.29, 1.82) is 0 Å². The molecule has 0 aliphatic heterocycles. The summed E-state index contributed by atoms with van der Waals surface area (Å²) in [7, 11) is 0. The van der Waals surface area contributed by atoms with Crippen LogP contribution in [0.2, 0.25) is 0 Å². The highest BCUT2D eigenvalue weighted by atomic mass is 32.2. The first kappa shape index (κ1) is 9.68. The van der Waals surface area contributed by atoms with Gasteiger partial charge in [0.2, 0.25) is 0 Å². The topological polar surface area (TPSA) is 25.2 Å². The molecule has 68 valence electrons. The maximum Gasteiger partial charge on any atom is 0.120 e. The average molecular weight is 185 g/mol. The first-order chi connectivity index (χ1) is 5.84.